The molecule has 0 saturated heterocycles. The third-order valence-corrected chi connectivity index (χ3v) is 11.4. The van der Waals surface area contributed by atoms with Gasteiger partial charge in [0.1, 0.15) is 11.9 Å². The van der Waals surface area contributed by atoms with Crippen LogP contribution in [-0.2, 0) is 48.4 Å². The van der Waals surface area contributed by atoms with Crippen LogP contribution in [0.25, 0.3) is 0 Å². The first-order valence-electron chi connectivity index (χ1n) is 33.3. The lowest BCUT2D eigenvalue weighted by atomic mass is 10.1. The number of aliphatic imine (C=N–C) groups is 2. The Hall–Kier alpha value is -10.8. The number of nitro groups is 2. The van der Waals surface area contributed by atoms with Crippen LogP contribution >= 0.6 is 0 Å². The Balaban J connectivity index is -0.00000110. The zero-order valence-electron chi connectivity index (χ0n) is 60.5. The molecule has 0 radical (unpaired) electrons. The highest BCUT2D eigenvalue weighted by Gasteiger charge is 2.19. The highest BCUT2D eigenvalue weighted by Crippen LogP contribution is 2.08. The van der Waals surface area contributed by atoms with E-state index in [9.17, 15) is 29.8 Å². The van der Waals surface area contributed by atoms with Gasteiger partial charge < -0.3 is 71.8 Å². The number of nitrogens with one attached hydrogen (secondary N) is 4. The van der Waals surface area contributed by atoms with Crippen LogP contribution in [0.15, 0.2) is 218 Å². The SMILES string of the molecule is CC(C)(C)OC(=O)N[C@H](C=O)CCCN=C(N)N[N+](=O)[O-].CCC.CCNC[C@@H](N)CCCN=C(N)N[N+](=O)[O-].NCCc1ccccn1.NCCc1cccnc1.NCCc1ccncc1.NCc1ccccn1.NCc1cccnc1.NCc1ccncc1.c1ccncc1.c1ccncc1. The Morgan fingerprint density at radius 1 is 0.524 bits per heavy atom. The number of rotatable bonds is 24. The third kappa shape index (κ3) is 70.8. The molecule has 0 aliphatic heterocycles. The van der Waals surface area contributed by atoms with Crippen LogP contribution in [0.3, 0.4) is 0 Å². The second kappa shape index (κ2) is 71.0. The van der Waals surface area contributed by atoms with Gasteiger partial charge in [0.2, 0.25) is 0 Å². The fraction of sp³-hybridized carbons (Fsp3) is 0.380. The summed E-state index contributed by atoms with van der Waals surface area (Å²) in [5.41, 5.74) is 57.6. The maximum absolute atomic E-state index is 11.5. The number of carbonyl (C=O) groups excluding carboxylic acids is 2. The number of hydrazine groups is 2. The maximum atomic E-state index is 11.5. The summed E-state index contributed by atoms with van der Waals surface area (Å²) in [6.45, 7) is 17.5. The van der Waals surface area contributed by atoms with E-state index in [1.54, 1.807) is 112 Å². The van der Waals surface area contributed by atoms with Crippen molar-refractivity contribution in [3.8, 4) is 0 Å². The van der Waals surface area contributed by atoms with Crippen LogP contribution in [0.2, 0.25) is 0 Å². The van der Waals surface area contributed by atoms with Gasteiger partial charge in [-0.15, -0.1) is 0 Å². The number of likely N-dealkylation sites (N-methyl/N-ethyl adjacent to an activating group) is 1. The predicted octanol–water partition coefficient (Wildman–Crippen LogP) is 5.70. The van der Waals surface area contributed by atoms with Gasteiger partial charge in [0, 0.05) is 144 Å². The number of ether oxygens (including phenoxy) is 1. The molecule has 103 heavy (non-hydrogen) atoms. The Morgan fingerprint density at radius 2 is 0.942 bits per heavy atom. The molecule has 8 heterocycles. The fourth-order valence-corrected chi connectivity index (χ4v) is 6.69. The molecule has 8 aromatic heterocycles. The number of guanidine groups is 2. The minimum absolute atomic E-state index is 0.0832. The molecule has 8 aromatic rings. The van der Waals surface area contributed by atoms with Gasteiger partial charge in [-0.25, -0.2) is 35.0 Å². The van der Waals surface area contributed by atoms with Gasteiger partial charge in [0.25, 0.3) is 11.9 Å². The lowest BCUT2D eigenvalue weighted by Gasteiger charge is -2.21. The molecule has 2 atom stereocenters. The van der Waals surface area contributed by atoms with E-state index in [2.05, 4.69) is 74.3 Å². The molecular weight excluding hydrogens is 1310 g/mol. The molecule has 8 rings (SSSR count). The van der Waals surface area contributed by atoms with Crippen molar-refractivity contribution in [3.63, 3.8) is 0 Å². The van der Waals surface area contributed by atoms with Gasteiger partial charge in [0.15, 0.2) is 10.1 Å². The van der Waals surface area contributed by atoms with Crippen molar-refractivity contribution in [1.82, 2.24) is 61.4 Å². The second-order valence-corrected chi connectivity index (χ2v) is 21.6. The highest BCUT2D eigenvalue weighted by atomic mass is 16.7. The summed E-state index contributed by atoms with van der Waals surface area (Å²) in [6, 6.07) is 37.9. The standard InChI is InChI=1S/C11H21N5O5.C8H20N6O2.3C7H10N2.3C6H8N2.2C5H5N.C3H8/c1-11(2,3)21-10(18)14-8(7-17)5-4-6-13-9(12)15-16(19)20;1-2-11-6-7(9)4-3-5-12-8(10)13-14(15)16;8-4-1-7-2-5-9-6-3-7;8-4-3-7-2-1-5-9-6-7;8-5-4-7-3-1-2-6-9-7;7-5-6-1-3-8-4-2-6;7-4-6-2-1-3-8-5-6;7-5-6-3-1-2-4-8-6;2*1-2-4-6-5-3-1;1-3-2/h7-8H,4-6H2,1-3H3,(H,14,18)(H3,12,13,15);7,11H,2-6,9H2,1H3,(H3,10,12,13);2-3,5-6H,1,4,8H2;1-2,5-6H,3-4,8H2;1-3,6H,4-5,8H2;1-4H,5,7H2;1-3,5H,4,7H2;1-4H,5,7H2;2*1-5H;3H2,1-2H3/t8-;7-;;;;;;;;;/m00........./s1. The van der Waals surface area contributed by atoms with E-state index in [-0.39, 0.29) is 24.5 Å². The van der Waals surface area contributed by atoms with Crippen molar-refractivity contribution < 1.29 is 24.4 Å². The minimum atomic E-state index is -0.822. The summed E-state index contributed by atoms with van der Waals surface area (Å²) in [5, 5.41) is 24.0. The zero-order chi connectivity index (χ0) is 77.1. The summed E-state index contributed by atoms with van der Waals surface area (Å²) in [7, 11) is 0. The minimum Gasteiger partial charge on any atom is -0.444 e. The Bertz CT molecular complexity index is 2930. The Kier molecular flexibility index (Phi) is 66.4. The van der Waals surface area contributed by atoms with Gasteiger partial charge in [0.05, 0.1) is 11.7 Å². The van der Waals surface area contributed by atoms with Crippen molar-refractivity contribution in [2.45, 2.75) is 130 Å². The van der Waals surface area contributed by atoms with Gasteiger partial charge in [-0.05, 0) is 193 Å². The second-order valence-electron chi connectivity index (χ2n) is 21.6. The van der Waals surface area contributed by atoms with E-state index in [1.165, 1.54) is 17.5 Å². The molecule has 0 aliphatic rings. The largest absolute Gasteiger partial charge is 0.444 e. The number of aldehydes is 1. The van der Waals surface area contributed by atoms with E-state index in [1.807, 2.05) is 134 Å². The first kappa shape index (κ1) is 96.3. The monoisotopic (exact) mass is 1430 g/mol. The molecule has 0 aliphatic carbocycles. The number of hydrogen-bond acceptors (Lipinski definition) is 25. The number of carbonyl (C=O) groups is 2. The van der Waals surface area contributed by atoms with Crippen LogP contribution in [0, 0.1) is 20.2 Å². The van der Waals surface area contributed by atoms with E-state index in [4.69, 9.17) is 56.3 Å². The van der Waals surface area contributed by atoms with Crippen molar-refractivity contribution in [1.29, 1.82) is 0 Å². The van der Waals surface area contributed by atoms with Crippen molar-refractivity contribution in [3.05, 3.63) is 262 Å². The van der Waals surface area contributed by atoms with Gasteiger partial charge >= 0.3 is 6.09 Å². The van der Waals surface area contributed by atoms with E-state index in [0.29, 0.717) is 64.9 Å². The Labute approximate surface area is 607 Å². The summed E-state index contributed by atoms with van der Waals surface area (Å²) in [4.78, 5) is 81.0. The van der Waals surface area contributed by atoms with E-state index >= 15 is 0 Å². The molecule has 0 fully saturated rings. The van der Waals surface area contributed by atoms with E-state index in [0.717, 1.165) is 67.7 Å². The average Bonchev–Trinajstić information content (AvgIpc) is 1.36. The molecule has 0 spiro atoms. The van der Waals surface area contributed by atoms with Gasteiger partial charge in [-0.1, -0.05) is 74.4 Å². The number of pyridine rings is 8. The first-order chi connectivity index (χ1) is 49.7. The maximum Gasteiger partial charge on any atom is 0.408 e. The van der Waals surface area contributed by atoms with Crippen LogP contribution in [-0.4, -0.2) is 138 Å². The summed E-state index contributed by atoms with van der Waals surface area (Å²) >= 11 is 0. The number of nitrogens with zero attached hydrogens (tertiary/aromatic N) is 12. The molecular formula is C71H113N25O7. The van der Waals surface area contributed by atoms with Crippen molar-refractivity contribution in [2.75, 3.05) is 45.8 Å². The molecule has 0 unspecified atom stereocenters. The summed E-state index contributed by atoms with van der Waals surface area (Å²) in [5.74, 6) is -0.493. The molecule has 0 saturated carbocycles. The predicted molar refractivity (Wildman–Crippen MR) is 409 cm³/mol. The molecule has 1 amide bonds. The molecule has 22 N–H and O–H groups in total. The number of aromatic nitrogens is 8. The topological polar surface area (TPSA) is 540 Å². The first-order valence-corrected chi connectivity index (χ1v) is 33.3. The third-order valence-electron chi connectivity index (χ3n) is 11.4. The van der Waals surface area contributed by atoms with E-state index < -0.39 is 27.8 Å². The van der Waals surface area contributed by atoms with Crippen molar-refractivity contribution >= 4 is 24.3 Å². The normalized spacial score (nSPS) is 10.5. The molecule has 564 valence electrons. The lowest BCUT2D eigenvalue weighted by Crippen LogP contribution is -2.40. The summed E-state index contributed by atoms with van der Waals surface area (Å²) in [6.07, 6.45) is 30.9. The number of nitrogens with two attached hydrogens (primary N) is 9. The van der Waals surface area contributed by atoms with Crippen LogP contribution < -0.4 is 73.1 Å². The Morgan fingerprint density at radius 3 is 1.27 bits per heavy atom. The number of amides is 1. The smallest absolute Gasteiger partial charge is 0.408 e. The lowest BCUT2D eigenvalue weighted by molar-refractivity contribution is -0.525. The number of alkyl carbamates (subject to hydrolysis) is 1. The van der Waals surface area contributed by atoms with Gasteiger partial charge in [-0.3, -0.25) is 39.9 Å². The zero-order valence-corrected chi connectivity index (χ0v) is 60.5. The molecule has 0 aromatic carbocycles. The molecule has 0 bridgehead atoms. The number of hydrogen-bond donors (Lipinski definition) is 13. The highest BCUT2D eigenvalue weighted by molar-refractivity contribution is 5.77. The quantitative estimate of drug-likeness (QED) is 0.00861. The van der Waals surface area contributed by atoms with Crippen LogP contribution in [0.5, 0.6) is 0 Å². The summed E-state index contributed by atoms with van der Waals surface area (Å²) < 4.78 is 5.02. The van der Waals surface area contributed by atoms with Crippen LogP contribution in [0.4, 0.5) is 4.79 Å². The molecule has 32 nitrogen and oxygen atoms in total. The fourth-order valence-electron chi connectivity index (χ4n) is 6.69. The molecule has 32 heteroatoms. The average molecular weight is 1430 g/mol. The van der Waals surface area contributed by atoms with Crippen LogP contribution in [0.1, 0.15) is 107 Å². The van der Waals surface area contributed by atoms with Gasteiger partial charge in [-0.2, -0.15) is 0 Å². The van der Waals surface area contributed by atoms with Crippen molar-refractivity contribution in [2.24, 2.45) is 61.6 Å².